The molecular formula is C15H25N5O. The second kappa shape index (κ2) is 6.39. The van der Waals surface area contributed by atoms with E-state index >= 15 is 0 Å². The molecule has 0 aromatic carbocycles. The Morgan fingerprint density at radius 1 is 1.29 bits per heavy atom. The number of nitrogens with zero attached hydrogens (tertiary/aromatic N) is 3. The minimum atomic E-state index is -0.0411. The molecule has 0 spiro atoms. The van der Waals surface area contributed by atoms with Gasteiger partial charge in [-0.25, -0.2) is 15.8 Å². The quantitative estimate of drug-likeness (QED) is 0.643. The Morgan fingerprint density at radius 2 is 2.05 bits per heavy atom. The van der Waals surface area contributed by atoms with Gasteiger partial charge in [0.1, 0.15) is 5.69 Å². The Labute approximate surface area is 126 Å². The third-order valence-electron chi connectivity index (χ3n) is 4.26. The molecule has 6 nitrogen and oxygen atoms in total. The minimum Gasteiger partial charge on any atom is -0.337 e. The van der Waals surface area contributed by atoms with Gasteiger partial charge in [-0.3, -0.25) is 4.79 Å². The second-order valence-electron chi connectivity index (χ2n) is 6.72. The molecular weight excluding hydrogens is 266 g/mol. The number of nitrogen functional groups attached to an aromatic ring is 1. The Kier molecular flexibility index (Phi) is 4.77. The van der Waals surface area contributed by atoms with Gasteiger partial charge in [0.05, 0.1) is 12.4 Å². The molecule has 1 amide bonds. The number of nitrogens with two attached hydrogens (primary N) is 1. The first-order chi connectivity index (χ1) is 9.91. The highest BCUT2D eigenvalue weighted by atomic mass is 16.2. The van der Waals surface area contributed by atoms with Crippen LogP contribution in [0.2, 0.25) is 0 Å². The maximum absolute atomic E-state index is 12.5. The lowest BCUT2D eigenvalue weighted by Crippen LogP contribution is -2.33. The Hall–Kier alpha value is -1.69. The predicted molar refractivity (Wildman–Crippen MR) is 82.5 cm³/mol. The molecule has 1 saturated heterocycles. The van der Waals surface area contributed by atoms with Crippen LogP contribution >= 0.6 is 0 Å². The summed E-state index contributed by atoms with van der Waals surface area (Å²) >= 11 is 0. The Balaban J connectivity index is 2.02. The summed E-state index contributed by atoms with van der Waals surface area (Å²) in [6.45, 7) is 8.42. The van der Waals surface area contributed by atoms with E-state index in [0.717, 1.165) is 25.9 Å². The molecule has 1 aliphatic heterocycles. The van der Waals surface area contributed by atoms with Crippen LogP contribution in [0.4, 0.5) is 5.82 Å². The van der Waals surface area contributed by atoms with E-state index in [1.54, 1.807) is 0 Å². The lowest BCUT2D eigenvalue weighted by molar-refractivity contribution is 0.0749. The molecule has 1 aromatic rings. The van der Waals surface area contributed by atoms with Crippen molar-refractivity contribution in [3.8, 4) is 0 Å². The Bertz CT molecular complexity index is 480. The summed E-state index contributed by atoms with van der Waals surface area (Å²) in [5.74, 6) is 6.32. The number of hydrogen-bond donors (Lipinski definition) is 2. The van der Waals surface area contributed by atoms with E-state index < -0.39 is 0 Å². The summed E-state index contributed by atoms with van der Waals surface area (Å²) in [6, 6.07) is 0. The fraction of sp³-hybridized carbons (Fsp3) is 0.667. The second-order valence-corrected chi connectivity index (χ2v) is 6.72. The van der Waals surface area contributed by atoms with Gasteiger partial charge in [-0.2, -0.15) is 0 Å². The average Bonchev–Trinajstić information content (AvgIpc) is 2.72. The Morgan fingerprint density at radius 3 is 2.62 bits per heavy atom. The van der Waals surface area contributed by atoms with Crippen LogP contribution in [0, 0.1) is 11.3 Å². The summed E-state index contributed by atoms with van der Waals surface area (Å²) in [4.78, 5) is 22.5. The molecule has 0 radical (unpaired) electrons. The third-order valence-corrected chi connectivity index (χ3v) is 4.26. The van der Waals surface area contributed by atoms with Crippen LogP contribution in [-0.2, 0) is 0 Å². The summed E-state index contributed by atoms with van der Waals surface area (Å²) < 4.78 is 0. The number of hydrogen-bond acceptors (Lipinski definition) is 5. The predicted octanol–water partition coefficient (Wildman–Crippen LogP) is 2.05. The summed E-state index contributed by atoms with van der Waals surface area (Å²) in [5, 5.41) is 0. The molecule has 0 saturated carbocycles. The monoisotopic (exact) mass is 291 g/mol. The molecule has 1 unspecified atom stereocenters. The van der Waals surface area contributed by atoms with Crippen molar-refractivity contribution < 1.29 is 4.79 Å². The molecule has 1 aromatic heterocycles. The smallest absolute Gasteiger partial charge is 0.274 e. The number of amides is 1. The SMILES string of the molecule is CC(C)(C)C1CCCN(C(=O)c2cnc(NN)cn2)CC1. The molecule has 1 fully saturated rings. The normalized spacial score (nSPS) is 20.0. The number of rotatable bonds is 2. The maximum Gasteiger partial charge on any atom is 0.274 e. The van der Waals surface area contributed by atoms with Crippen LogP contribution in [0.25, 0.3) is 0 Å². The fourth-order valence-electron chi connectivity index (χ4n) is 2.84. The van der Waals surface area contributed by atoms with Crippen LogP contribution in [0.3, 0.4) is 0 Å². The number of nitrogens with one attached hydrogen (secondary N) is 1. The molecule has 116 valence electrons. The van der Waals surface area contributed by atoms with Gasteiger partial charge in [-0.1, -0.05) is 20.8 Å². The highest BCUT2D eigenvalue weighted by Crippen LogP contribution is 2.34. The van der Waals surface area contributed by atoms with Gasteiger partial charge in [0.25, 0.3) is 5.91 Å². The molecule has 0 bridgehead atoms. The van der Waals surface area contributed by atoms with E-state index in [1.165, 1.54) is 18.8 Å². The van der Waals surface area contributed by atoms with Crippen molar-refractivity contribution in [2.75, 3.05) is 18.5 Å². The number of aromatic nitrogens is 2. The molecule has 2 heterocycles. The highest BCUT2D eigenvalue weighted by Gasteiger charge is 2.29. The molecule has 1 atom stereocenters. The number of likely N-dealkylation sites (tertiary alicyclic amines) is 1. The van der Waals surface area contributed by atoms with E-state index in [2.05, 4.69) is 36.2 Å². The van der Waals surface area contributed by atoms with Crippen molar-refractivity contribution in [2.45, 2.75) is 40.0 Å². The van der Waals surface area contributed by atoms with E-state index in [9.17, 15) is 4.79 Å². The van der Waals surface area contributed by atoms with Crippen LogP contribution in [0.15, 0.2) is 12.4 Å². The number of anilines is 1. The topological polar surface area (TPSA) is 84.1 Å². The van der Waals surface area contributed by atoms with E-state index in [0.29, 0.717) is 22.8 Å². The largest absolute Gasteiger partial charge is 0.337 e. The van der Waals surface area contributed by atoms with Crippen molar-refractivity contribution in [3.63, 3.8) is 0 Å². The lowest BCUT2D eigenvalue weighted by Gasteiger charge is -2.29. The number of carbonyl (C=O) groups is 1. The summed E-state index contributed by atoms with van der Waals surface area (Å²) in [6.07, 6.45) is 6.22. The van der Waals surface area contributed by atoms with Gasteiger partial charge in [-0.15, -0.1) is 0 Å². The van der Waals surface area contributed by atoms with Crippen molar-refractivity contribution >= 4 is 11.7 Å². The maximum atomic E-state index is 12.5. The minimum absolute atomic E-state index is 0.0411. The van der Waals surface area contributed by atoms with E-state index in [4.69, 9.17) is 5.84 Å². The van der Waals surface area contributed by atoms with Crippen molar-refractivity contribution in [1.29, 1.82) is 0 Å². The first-order valence-electron chi connectivity index (χ1n) is 7.49. The van der Waals surface area contributed by atoms with Crippen molar-refractivity contribution in [2.24, 2.45) is 17.2 Å². The molecule has 1 aliphatic rings. The lowest BCUT2D eigenvalue weighted by atomic mass is 9.77. The first kappa shape index (κ1) is 15.7. The van der Waals surface area contributed by atoms with Gasteiger partial charge in [0.2, 0.25) is 0 Å². The molecule has 3 N–H and O–H groups in total. The summed E-state index contributed by atoms with van der Waals surface area (Å²) in [5.41, 5.74) is 3.08. The molecule has 0 aliphatic carbocycles. The van der Waals surface area contributed by atoms with Gasteiger partial charge < -0.3 is 10.3 Å². The van der Waals surface area contributed by atoms with E-state index in [1.807, 2.05) is 4.90 Å². The molecule has 2 rings (SSSR count). The average molecular weight is 291 g/mol. The zero-order valence-electron chi connectivity index (χ0n) is 13.1. The zero-order chi connectivity index (χ0) is 15.5. The van der Waals surface area contributed by atoms with Crippen LogP contribution in [-0.4, -0.2) is 33.9 Å². The van der Waals surface area contributed by atoms with Gasteiger partial charge in [-0.05, 0) is 30.6 Å². The number of hydrazine groups is 1. The van der Waals surface area contributed by atoms with Crippen molar-refractivity contribution in [1.82, 2.24) is 14.9 Å². The standard InChI is InChI=1S/C15H25N5O/c1-15(2,3)11-5-4-7-20(8-6-11)14(21)12-9-18-13(19-16)10-17-12/h9-11H,4-8,16H2,1-3H3,(H,18,19). The van der Waals surface area contributed by atoms with E-state index in [-0.39, 0.29) is 5.91 Å². The van der Waals surface area contributed by atoms with Gasteiger partial charge in [0, 0.05) is 13.1 Å². The van der Waals surface area contributed by atoms with Crippen LogP contribution in [0.5, 0.6) is 0 Å². The highest BCUT2D eigenvalue weighted by molar-refractivity contribution is 5.92. The van der Waals surface area contributed by atoms with Crippen LogP contribution in [0.1, 0.15) is 50.5 Å². The van der Waals surface area contributed by atoms with Crippen LogP contribution < -0.4 is 11.3 Å². The number of carbonyl (C=O) groups excluding carboxylic acids is 1. The summed E-state index contributed by atoms with van der Waals surface area (Å²) in [7, 11) is 0. The molecule has 6 heteroatoms. The molecule has 21 heavy (non-hydrogen) atoms. The van der Waals surface area contributed by atoms with Crippen molar-refractivity contribution in [3.05, 3.63) is 18.1 Å². The van der Waals surface area contributed by atoms with Gasteiger partial charge >= 0.3 is 0 Å². The fourth-order valence-corrected chi connectivity index (χ4v) is 2.84. The van der Waals surface area contributed by atoms with Gasteiger partial charge in [0.15, 0.2) is 5.82 Å². The first-order valence-corrected chi connectivity index (χ1v) is 7.49. The zero-order valence-corrected chi connectivity index (χ0v) is 13.1. The third kappa shape index (κ3) is 3.91.